The summed E-state index contributed by atoms with van der Waals surface area (Å²) in [5.74, 6) is 0.303. The van der Waals surface area contributed by atoms with E-state index in [2.05, 4.69) is 39.0 Å². The van der Waals surface area contributed by atoms with E-state index in [1.807, 2.05) is 0 Å². The van der Waals surface area contributed by atoms with Crippen LogP contribution in [0.4, 0.5) is 0 Å². The van der Waals surface area contributed by atoms with Crippen LogP contribution >= 0.6 is 0 Å². The van der Waals surface area contributed by atoms with Gasteiger partial charge in [-0.1, -0.05) is 37.1 Å². The molecule has 0 aliphatic carbocycles. The molecule has 0 spiro atoms. The molecule has 0 radical (unpaired) electrons. The Labute approximate surface area is 104 Å². The minimum atomic E-state index is 0.0429. The second kappa shape index (κ2) is 4.79. The van der Waals surface area contributed by atoms with Gasteiger partial charge in [0.25, 0.3) is 0 Å². The number of aryl methyl sites for hydroxylation is 2. The fourth-order valence-corrected chi connectivity index (χ4v) is 3.00. The van der Waals surface area contributed by atoms with Crippen molar-refractivity contribution >= 4 is 0 Å². The number of hydrogen-bond acceptors (Lipinski definition) is 2. The monoisotopic (exact) mass is 234 g/mol. The van der Waals surface area contributed by atoms with E-state index >= 15 is 0 Å². The fourth-order valence-electron chi connectivity index (χ4n) is 3.00. The second-order valence-electron chi connectivity index (χ2n) is 5.26. The Morgan fingerprint density at radius 2 is 2.06 bits per heavy atom. The number of ether oxygens (including phenoxy) is 1. The normalized spacial score (nSPS) is 19.8. The molecule has 0 aromatic heterocycles. The number of aliphatic hydroxyl groups is 1. The van der Waals surface area contributed by atoms with Crippen molar-refractivity contribution in [1.82, 2.24) is 0 Å². The molecule has 2 heteroatoms. The predicted molar refractivity (Wildman–Crippen MR) is 69.3 cm³/mol. The van der Waals surface area contributed by atoms with Crippen molar-refractivity contribution in [2.75, 3.05) is 19.8 Å². The van der Waals surface area contributed by atoms with Crippen molar-refractivity contribution in [3.63, 3.8) is 0 Å². The Morgan fingerprint density at radius 3 is 2.47 bits per heavy atom. The van der Waals surface area contributed by atoms with E-state index in [-0.39, 0.29) is 12.0 Å². The van der Waals surface area contributed by atoms with E-state index in [9.17, 15) is 5.11 Å². The molecule has 1 aliphatic rings. The summed E-state index contributed by atoms with van der Waals surface area (Å²) in [6.07, 6.45) is 0.993. The van der Waals surface area contributed by atoms with Crippen molar-refractivity contribution in [2.24, 2.45) is 5.92 Å². The smallest absolute Gasteiger partial charge is 0.0589 e. The van der Waals surface area contributed by atoms with Crippen molar-refractivity contribution < 1.29 is 9.84 Å². The molecule has 0 amide bonds. The average Bonchev–Trinajstić information content (AvgIpc) is 2.24. The molecule has 1 N–H and O–H groups in total. The minimum absolute atomic E-state index is 0.0429. The first-order valence-electron chi connectivity index (χ1n) is 6.40. The van der Waals surface area contributed by atoms with E-state index < -0.39 is 0 Å². The van der Waals surface area contributed by atoms with Gasteiger partial charge in [0, 0.05) is 12.0 Å². The van der Waals surface area contributed by atoms with Gasteiger partial charge < -0.3 is 9.84 Å². The molecule has 17 heavy (non-hydrogen) atoms. The quantitative estimate of drug-likeness (QED) is 0.867. The topological polar surface area (TPSA) is 29.5 Å². The Balaban J connectivity index is 2.40. The van der Waals surface area contributed by atoms with Crippen molar-refractivity contribution in [3.05, 3.63) is 34.9 Å². The second-order valence-corrected chi connectivity index (χ2v) is 5.26. The third kappa shape index (κ3) is 2.00. The first-order chi connectivity index (χ1) is 8.14. The van der Waals surface area contributed by atoms with E-state index in [1.165, 1.54) is 16.7 Å². The molecule has 2 nitrogen and oxygen atoms in total. The Kier molecular flexibility index (Phi) is 3.55. The molecule has 94 valence electrons. The van der Waals surface area contributed by atoms with E-state index in [4.69, 9.17) is 4.74 Å². The van der Waals surface area contributed by atoms with Crippen LogP contribution in [-0.2, 0) is 10.2 Å². The van der Waals surface area contributed by atoms with E-state index in [0.717, 1.165) is 19.6 Å². The van der Waals surface area contributed by atoms with Gasteiger partial charge in [-0.15, -0.1) is 0 Å². The lowest BCUT2D eigenvalue weighted by atomic mass is 9.66. The number of benzene rings is 1. The molecule has 1 saturated heterocycles. The van der Waals surface area contributed by atoms with Crippen molar-refractivity contribution in [2.45, 2.75) is 32.6 Å². The first kappa shape index (κ1) is 12.6. The summed E-state index contributed by atoms with van der Waals surface area (Å²) >= 11 is 0. The van der Waals surface area contributed by atoms with Crippen LogP contribution in [0.15, 0.2) is 18.2 Å². The Morgan fingerprint density at radius 1 is 1.35 bits per heavy atom. The SMILES string of the molecule is CCC(CO)C1(c2ccc(C)cc2C)COC1. The lowest BCUT2D eigenvalue weighted by Crippen LogP contribution is -2.53. The van der Waals surface area contributed by atoms with Gasteiger partial charge in [0.1, 0.15) is 0 Å². The molecule has 1 fully saturated rings. The largest absolute Gasteiger partial charge is 0.396 e. The Hall–Kier alpha value is -0.860. The first-order valence-corrected chi connectivity index (χ1v) is 6.40. The van der Waals surface area contributed by atoms with Crippen molar-refractivity contribution in [1.29, 1.82) is 0 Å². The number of hydrogen-bond donors (Lipinski definition) is 1. The van der Waals surface area contributed by atoms with Gasteiger partial charge in [-0.25, -0.2) is 0 Å². The van der Waals surface area contributed by atoms with Crippen LogP contribution in [0.3, 0.4) is 0 Å². The highest BCUT2D eigenvalue weighted by atomic mass is 16.5. The standard InChI is InChI=1S/C15H22O2/c1-4-13(8-16)15(9-17-10-15)14-6-5-11(2)7-12(14)3/h5-7,13,16H,4,8-10H2,1-3H3. The fraction of sp³-hybridized carbons (Fsp3) is 0.600. The van der Waals surface area contributed by atoms with Gasteiger partial charge in [-0.05, 0) is 30.9 Å². The molecule has 1 unspecified atom stereocenters. The summed E-state index contributed by atoms with van der Waals surface area (Å²) in [4.78, 5) is 0. The summed E-state index contributed by atoms with van der Waals surface area (Å²) < 4.78 is 5.45. The maximum Gasteiger partial charge on any atom is 0.0589 e. The third-order valence-corrected chi connectivity index (χ3v) is 4.13. The van der Waals surface area contributed by atoms with Gasteiger partial charge in [0.2, 0.25) is 0 Å². The lowest BCUT2D eigenvalue weighted by Gasteiger charge is -2.47. The van der Waals surface area contributed by atoms with Crippen LogP contribution in [0.25, 0.3) is 0 Å². The minimum Gasteiger partial charge on any atom is -0.396 e. The summed E-state index contributed by atoms with van der Waals surface area (Å²) in [7, 11) is 0. The zero-order chi connectivity index (χ0) is 12.5. The maximum atomic E-state index is 9.58. The molecule has 2 rings (SSSR count). The van der Waals surface area contributed by atoms with Crippen LogP contribution in [0.1, 0.15) is 30.0 Å². The molecule has 1 atom stereocenters. The van der Waals surface area contributed by atoms with E-state index in [0.29, 0.717) is 5.92 Å². The molecular formula is C15H22O2. The van der Waals surface area contributed by atoms with Crippen molar-refractivity contribution in [3.8, 4) is 0 Å². The highest BCUT2D eigenvalue weighted by Crippen LogP contribution is 2.42. The van der Waals surface area contributed by atoms with E-state index in [1.54, 1.807) is 0 Å². The van der Waals surface area contributed by atoms with Gasteiger partial charge >= 0.3 is 0 Å². The zero-order valence-corrected chi connectivity index (χ0v) is 11.0. The summed E-state index contributed by atoms with van der Waals surface area (Å²) in [6, 6.07) is 6.59. The molecule has 1 aliphatic heterocycles. The highest BCUT2D eigenvalue weighted by molar-refractivity contribution is 5.38. The average molecular weight is 234 g/mol. The number of aliphatic hydroxyl groups excluding tert-OH is 1. The predicted octanol–water partition coefficient (Wildman–Crippen LogP) is 2.59. The van der Waals surface area contributed by atoms with Gasteiger partial charge in [0.05, 0.1) is 13.2 Å². The third-order valence-electron chi connectivity index (χ3n) is 4.13. The molecule has 0 saturated carbocycles. The van der Waals surface area contributed by atoms with Crippen LogP contribution in [0.5, 0.6) is 0 Å². The van der Waals surface area contributed by atoms with Crippen LogP contribution in [0.2, 0.25) is 0 Å². The van der Waals surface area contributed by atoms with Crippen LogP contribution in [-0.4, -0.2) is 24.9 Å². The molecule has 1 heterocycles. The molecule has 1 aromatic rings. The highest BCUT2D eigenvalue weighted by Gasteiger charge is 2.46. The van der Waals surface area contributed by atoms with Crippen LogP contribution < -0.4 is 0 Å². The maximum absolute atomic E-state index is 9.58. The lowest BCUT2D eigenvalue weighted by molar-refractivity contribution is -0.101. The summed E-state index contributed by atoms with van der Waals surface area (Å²) in [5.41, 5.74) is 4.01. The number of rotatable bonds is 4. The van der Waals surface area contributed by atoms with Gasteiger partial charge in [0.15, 0.2) is 0 Å². The molecule has 1 aromatic carbocycles. The van der Waals surface area contributed by atoms with Gasteiger partial charge in [-0.3, -0.25) is 0 Å². The van der Waals surface area contributed by atoms with Gasteiger partial charge in [-0.2, -0.15) is 0 Å². The molecular weight excluding hydrogens is 212 g/mol. The zero-order valence-electron chi connectivity index (χ0n) is 11.0. The summed E-state index contributed by atoms with van der Waals surface area (Å²) in [5, 5.41) is 9.58. The Bertz CT molecular complexity index is 390. The molecule has 0 bridgehead atoms. The summed E-state index contributed by atoms with van der Waals surface area (Å²) in [6.45, 7) is 8.15. The van der Waals surface area contributed by atoms with Crippen LogP contribution in [0, 0.1) is 19.8 Å².